The molecular weight excluding hydrogens is 358 g/mol. The van der Waals surface area contributed by atoms with Crippen LogP contribution < -0.4 is 5.56 Å². The van der Waals surface area contributed by atoms with Crippen LogP contribution in [0.15, 0.2) is 50.8 Å². The van der Waals surface area contributed by atoms with E-state index in [9.17, 15) is 18.0 Å². The molecule has 0 aliphatic carbocycles. The van der Waals surface area contributed by atoms with E-state index in [2.05, 4.69) is 0 Å². The molecule has 0 N–H and O–H groups in total. The Bertz CT molecular complexity index is 899. The lowest BCUT2D eigenvalue weighted by molar-refractivity contribution is -0.131. The second kappa shape index (κ2) is 8.33. The molecule has 2 heterocycles. The number of rotatable bonds is 8. The van der Waals surface area contributed by atoms with Crippen LogP contribution in [0.1, 0.15) is 19.6 Å². The maximum absolute atomic E-state index is 12.6. The first-order valence-corrected chi connectivity index (χ1v) is 9.70. The van der Waals surface area contributed by atoms with E-state index < -0.39 is 15.6 Å². The molecule has 0 atom stereocenters. The average molecular weight is 381 g/mol. The minimum Gasteiger partial charge on any atom is -0.467 e. The highest BCUT2D eigenvalue weighted by molar-refractivity contribution is 7.89. The first kappa shape index (κ1) is 19.9. The van der Waals surface area contributed by atoms with Crippen molar-refractivity contribution >= 4 is 15.9 Å². The maximum atomic E-state index is 12.6. The zero-order chi connectivity index (χ0) is 19.3. The SMILES string of the molecule is CCN(CC)S(=O)(=O)c1ccc(=O)n(CC(=O)N(C)Cc2ccco2)c1. The summed E-state index contributed by atoms with van der Waals surface area (Å²) in [6.07, 6.45) is 2.73. The molecule has 0 bridgehead atoms. The predicted octanol–water partition coefficient (Wildman–Crippen LogP) is 1.13. The Morgan fingerprint density at radius 3 is 2.46 bits per heavy atom. The Balaban J connectivity index is 2.22. The number of hydrogen-bond donors (Lipinski definition) is 0. The lowest BCUT2D eigenvalue weighted by atomic mass is 10.4. The average Bonchev–Trinajstić information content (AvgIpc) is 3.10. The number of furan rings is 1. The van der Waals surface area contributed by atoms with Crippen molar-refractivity contribution < 1.29 is 17.6 Å². The zero-order valence-corrected chi connectivity index (χ0v) is 15.9. The molecule has 0 spiro atoms. The zero-order valence-electron chi connectivity index (χ0n) is 15.1. The standard InChI is InChI=1S/C17H23N3O5S/c1-4-20(5-2)26(23,24)15-8-9-16(21)19(12-15)13-17(22)18(3)11-14-7-6-10-25-14/h6-10,12H,4-5,11,13H2,1-3H3. The van der Waals surface area contributed by atoms with Crippen LogP contribution in [0.4, 0.5) is 0 Å². The molecule has 2 aromatic heterocycles. The molecule has 0 saturated heterocycles. The van der Waals surface area contributed by atoms with Crippen LogP contribution in [0.5, 0.6) is 0 Å². The summed E-state index contributed by atoms with van der Waals surface area (Å²) in [7, 11) is -2.11. The van der Waals surface area contributed by atoms with E-state index in [4.69, 9.17) is 4.42 Å². The summed E-state index contributed by atoms with van der Waals surface area (Å²) in [6.45, 7) is 4.13. The van der Waals surface area contributed by atoms with Crippen LogP contribution in [0, 0.1) is 0 Å². The number of amides is 1. The van der Waals surface area contributed by atoms with Gasteiger partial charge in [0.25, 0.3) is 5.56 Å². The topological polar surface area (TPSA) is 92.8 Å². The maximum Gasteiger partial charge on any atom is 0.251 e. The Hall–Kier alpha value is -2.39. The molecule has 26 heavy (non-hydrogen) atoms. The minimum atomic E-state index is -3.70. The van der Waals surface area contributed by atoms with Gasteiger partial charge < -0.3 is 13.9 Å². The normalized spacial score (nSPS) is 11.7. The number of carbonyl (C=O) groups is 1. The third-order valence-electron chi connectivity index (χ3n) is 4.00. The van der Waals surface area contributed by atoms with Gasteiger partial charge in [0.1, 0.15) is 12.3 Å². The molecule has 9 heteroatoms. The van der Waals surface area contributed by atoms with Gasteiger partial charge in [-0.2, -0.15) is 4.31 Å². The van der Waals surface area contributed by atoms with Crippen LogP contribution >= 0.6 is 0 Å². The van der Waals surface area contributed by atoms with E-state index in [1.54, 1.807) is 33.0 Å². The van der Waals surface area contributed by atoms with E-state index in [0.29, 0.717) is 18.8 Å². The van der Waals surface area contributed by atoms with Crippen LogP contribution in [-0.2, 0) is 27.9 Å². The molecule has 1 amide bonds. The molecule has 0 radical (unpaired) electrons. The Morgan fingerprint density at radius 2 is 1.88 bits per heavy atom. The van der Waals surface area contributed by atoms with Crippen molar-refractivity contribution in [2.45, 2.75) is 31.8 Å². The first-order valence-electron chi connectivity index (χ1n) is 8.26. The number of sulfonamides is 1. The second-order valence-electron chi connectivity index (χ2n) is 5.75. The number of nitrogens with zero attached hydrogens (tertiary/aromatic N) is 3. The molecule has 2 aromatic rings. The van der Waals surface area contributed by atoms with Crippen LogP contribution in [0.25, 0.3) is 0 Å². The summed E-state index contributed by atoms with van der Waals surface area (Å²) < 4.78 is 32.8. The van der Waals surface area contributed by atoms with E-state index in [1.165, 1.54) is 27.7 Å². The van der Waals surface area contributed by atoms with Crippen molar-refractivity contribution in [2.24, 2.45) is 0 Å². The minimum absolute atomic E-state index is 0.0118. The predicted molar refractivity (Wildman–Crippen MR) is 96.0 cm³/mol. The summed E-state index contributed by atoms with van der Waals surface area (Å²) >= 11 is 0. The number of aromatic nitrogens is 1. The molecule has 8 nitrogen and oxygen atoms in total. The monoisotopic (exact) mass is 381 g/mol. The van der Waals surface area contributed by atoms with E-state index >= 15 is 0 Å². The molecule has 0 unspecified atom stereocenters. The molecule has 0 aliphatic heterocycles. The molecule has 0 aliphatic rings. The summed E-state index contributed by atoms with van der Waals surface area (Å²) in [4.78, 5) is 25.8. The van der Waals surface area contributed by atoms with Gasteiger partial charge in [-0.25, -0.2) is 8.42 Å². The number of likely N-dealkylation sites (N-methyl/N-ethyl adjacent to an activating group) is 1. The number of hydrogen-bond acceptors (Lipinski definition) is 5. The third-order valence-corrected chi connectivity index (χ3v) is 6.04. The molecule has 2 rings (SSSR count). The quantitative estimate of drug-likeness (QED) is 0.683. The molecule has 0 fully saturated rings. The Morgan fingerprint density at radius 1 is 1.19 bits per heavy atom. The molecule has 0 aromatic carbocycles. The fourth-order valence-electron chi connectivity index (χ4n) is 2.49. The summed E-state index contributed by atoms with van der Waals surface area (Å²) in [6, 6.07) is 5.90. The summed E-state index contributed by atoms with van der Waals surface area (Å²) in [5.41, 5.74) is -0.441. The first-order chi connectivity index (χ1) is 12.3. The molecule has 0 saturated carbocycles. The molecular formula is C17H23N3O5S. The van der Waals surface area contributed by atoms with Gasteiger partial charge in [-0.05, 0) is 18.2 Å². The van der Waals surface area contributed by atoms with Crippen molar-refractivity contribution in [3.8, 4) is 0 Å². The van der Waals surface area contributed by atoms with Gasteiger partial charge in [-0.1, -0.05) is 13.8 Å². The lowest BCUT2D eigenvalue weighted by Gasteiger charge is -2.20. The van der Waals surface area contributed by atoms with Crippen molar-refractivity contribution in [3.63, 3.8) is 0 Å². The number of carbonyl (C=O) groups excluding carboxylic acids is 1. The van der Waals surface area contributed by atoms with Gasteiger partial charge in [-0.3, -0.25) is 9.59 Å². The highest BCUT2D eigenvalue weighted by Gasteiger charge is 2.23. The van der Waals surface area contributed by atoms with Crippen molar-refractivity contribution in [1.82, 2.24) is 13.8 Å². The smallest absolute Gasteiger partial charge is 0.251 e. The van der Waals surface area contributed by atoms with Crippen LogP contribution in [0.3, 0.4) is 0 Å². The van der Waals surface area contributed by atoms with Crippen molar-refractivity contribution in [2.75, 3.05) is 20.1 Å². The third kappa shape index (κ3) is 4.41. The van der Waals surface area contributed by atoms with Gasteiger partial charge in [0.2, 0.25) is 15.9 Å². The van der Waals surface area contributed by atoms with Crippen molar-refractivity contribution in [1.29, 1.82) is 0 Å². The fraction of sp³-hybridized carbons (Fsp3) is 0.412. The van der Waals surface area contributed by atoms with Crippen LogP contribution in [0.2, 0.25) is 0 Å². The highest BCUT2D eigenvalue weighted by Crippen LogP contribution is 2.14. The van der Waals surface area contributed by atoms with Crippen LogP contribution in [-0.4, -0.2) is 48.2 Å². The van der Waals surface area contributed by atoms with Gasteiger partial charge in [0.05, 0.1) is 17.7 Å². The lowest BCUT2D eigenvalue weighted by Crippen LogP contribution is -2.35. The van der Waals surface area contributed by atoms with Gasteiger partial charge in [0, 0.05) is 32.4 Å². The largest absolute Gasteiger partial charge is 0.467 e. The van der Waals surface area contributed by atoms with E-state index in [0.717, 1.165) is 10.6 Å². The Labute approximate surface area is 152 Å². The van der Waals surface area contributed by atoms with E-state index in [1.807, 2.05) is 0 Å². The summed E-state index contributed by atoms with van der Waals surface area (Å²) in [5, 5.41) is 0. The van der Waals surface area contributed by atoms with Gasteiger partial charge in [0.15, 0.2) is 0 Å². The summed E-state index contributed by atoms with van der Waals surface area (Å²) in [5.74, 6) is 0.284. The van der Waals surface area contributed by atoms with Crippen molar-refractivity contribution in [3.05, 3.63) is 52.8 Å². The number of pyridine rings is 1. The molecule has 142 valence electrons. The highest BCUT2D eigenvalue weighted by atomic mass is 32.2. The van der Waals surface area contributed by atoms with Gasteiger partial charge in [-0.15, -0.1) is 0 Å². The fourth-order valence-corrected chi connectivity index (χ4v) is 3.97. The second-order valence-corrected chi connectivity index (χ2v) is 7.69. The Kier molecular flexibility index (Phi) is 6.38. The van der Waals surface area contributed by atoms with Gasteiger partial charge >= 0.3 is 0 Å². The van der Waals surface area contributed by atoms with E-state index in [-0.39, 0.29) is 23.9 Å².